The van der Waals surface area contributed by atoms with Crippen molar-refractivity contribution in [1.29, 1.82) is 0 Å². The first-order valence-corrected chi connectivity index (χ1v) is 8.85. The molecule has 0 unspecified atom stereocenters. The van der Waals surface area contributed by atoms with Gasteiger partial charge in [-0.2, -0.15) is 0 Å². The van der Waals surface area contributed by atoms with Gasteiger partial charge in [0.1, 0.15) is 0 Å². The van der Waals surface area contributed by atoms with Gasteiger partial charge in [0.05, 0.1) is 16.4 Å². The highest BCUT2D eigenvalue weighted by molar-refractivity contribution is 8.02. The average Bonchev–Trinajstić information content (AvgIpc) is 2.64. The Kier molecular flexibility index (Phi) is 5.89. The van der Waals surface area contributed by atoms with Crippen molar-refractivity contribution < 1.29 is 0 Å². The number of halogens is 1. The molecule has 0 amide bonds. The number of hydrogen-bond donors (Lipinski definition) is 0. The maximum atomic E-state index is 6.20. The average molecular weight is 350 g/mol. The summed E-state index contributed by atoms with van der Waals surface area (Å²) in [5.41, 5.74) is 2.93. The minimum Gasteiger partial charge on any atom is -0.248 e. The molecule has 118 valence electrons. The number of benzene rings is 3. The summed E-state index contributed by atoms with van der Waals surface area (Å²) in [5.74, 6) is 0. The molecule has 3 rings (SSSR count). The van der Waals surface area contributed by atoms with Crippen LogP contribution in [0.2, 0.25) is 5.02 Å². The van der Waals surface area contributed by atoms with Crippen molar-refractivity contribution in [2.75, 3.05) is 0 Å². The van der Waals surface area contributed by atoms with E-state index in [2.05, 4.69) is 12.1 Å². The molecule has 0 saturated heterocycles. The quantitative estimate of drug-likeness (QED) is 0.366. The summed E-state index contributed by atoms with van der Waals surface area (Å²) in [6.07, 6.45) is 2.02. The van der Waals surface area contributed by atoms with Crippen LogP contribution >= 0.6 is 23.4 Å². The molecule has 0 aromatic heterocycles. The van der Waals surface area contributed by atoms with Crippen molar-refractivity contribution in [3.63, 3.8) is 0 Å². The lowest BCUT2D eigenvalue weighted by atomic mass is 10.1. The summed E-state index contributed by atoms with van der Waals surface area (Å²) in [4.78, 5) is 5.80. The second-order valence-electron chi connectivity index (χ2n) is 5.05. The van der Waals surface area contributed by atoms with E-state index in [1.807, 2.05) is 84.3 Å². The van der Waals surface area contributed by atoms with Crippen molar-refractivity contribution in [3.05, 3.63) is 107 Å². The van der Waals surface area contributed by atoms with Crippen LogP contribution in [0.3, 0.4) is 0 Å². The van der Waals surface area contributed by atoms with E-state index in [0.717, 1.165) is 26.9 Å². The van der Waals surface area contributed by atoms with Gasteiger partial charge in [-0.3, -0.25) is 0 Å². The molecule has 0 N–H and O–H groups in total. The van der Waals surface area contributed by atoms with Gasteiger partial charge in [-0.1, -0.05) is 84.0 Å². The van der Waals surface area contributed by atoms with Gasteiger partial charge in [-0.25, -0.2) is 4.99 Å². The van der Waals surface area contributed by atoms with Crippen molar-refractivity contribution in [3.8, 4) is 0 Å². The van der Waals surface area contributed by atoms with Gasteiger partial charge in [0, 0.05) is 10.5 Å². The lowest BCUT2D eigenvalue weighted by Gasteiger charge is -2.03. The third-order valence-electron chi connectivity index (χ3n) is 3.33. The third-order valence-corrected chi connectivity index (χ3v) is 4.66. The number of thioether (sulfide) groups is 1. The van der Waals surface area contributed by atoms with E-state index in [9.17, 15) is 0 Å². The molecular formula is C21H16ClNS. The highest BCUT2D eigenvalue weighted by Gasteiger charge is 2.01. The van der Waals surface area contributed by atoms with Gasteiger partial charge in [0.25, 0.3) is 0 Å². The van der Waals surface area contributed by atoms with Crippen molar-refractivity contribution in [1.82, 2.24) is 0 Å². The highest BCUT2D eigenvalue weighted by atomic mass is 35.5. The summed E-state index contributed by atoms with van der Waals surface area (Å²) < 4.78 is 0. The van der Waals surface area contributed by atoms with Gasteiger partial charge in [0.2, 0.25) is 0 Å². The topological polar surface area (TPSA) is 12.4 Å². The summed E-state index contributed by atoms with van der Waals surface area (Å²) in [7, 11) is 0. The Balaban J connectivity index is 1.87. The van der Waals surface area contributed by atoms with Gasteiger partial charge in [-0.05, 0) is 35.7 Å². The molecule has 0 aliphatic heterocycles. The minimum atomic E-state index is 0.758. The standard InChI is InChI=1S/C21H16ClNS/c22-19-13-7-8-14-21(19)24-16-15-20(17-9-3-1-4-10-17)23-18-11-5-2-6-12-18/h1-16H/b16-15+,23-20?. The fourth-order valence-electron chi connectivity index (χ4n) is 2.16. The van der Waals surface area contributed by atoms with Crippen molar-refractivity contribution in [2.24, 2.45) is 4.99 Å². The number of para-hydroxylation sites is 1. The highest BCUT2D eigenvalue weighted by Crippen LogP contribution is 2.27. The maximum absolute atomic E-state index is 6.20. The fourth-order valence-corrected chi connectivity index (χ4v) is 3.11. The Hall–Kier alpha value is -2.29. The predicted octanol–water partition coefficient (Wildman–Crippen LogP) is 6.77. The van der Waals surface area contributed by atoms with Gasteiger partial charge < -0.3 is 0 Å². The molecule has 0 aliphatic carbocycles. The summed E-state index contributed by atoms with van der Waals surface area (Å²) in [5, 5.41) is 2.78. The normalized spacial score (nSPS) is 11.8. The molecule has 0 radical (unpaired) electrons. The molecule has 0 heterocycles. The number of nitrogens with zero attached hydrogens (tertiary/aromatic N) is 1. The zero-order chi connectivity index (χ0) is 16.6. The minimum absolute atomic E-state index is 0.758. The maximum Gasteiger partial charge on any atom is 0.0714 e. The first-order chi connectivity index (χ1) is 11.8. The SMILES string of the molecule is Clc1ccccc1S/C=C/C(=Nc1ccccc1)c1ccccc1. The zero-order valence-corrected chi connectivity index (χ0v) is 14.5. The van der Waals surface area contributed by atoms with Gasteiger partial charge in [-0.15, -0.1) is 0 Å². The number of allylic oxidation sites excluding steroid dienone is 1. The Labute approximate surface area is 151 Å². The van der Waals surface area contributed by atoms with E-state index in [1.54, 1.807) is 11.8 Å². The van der Waals surface area contributed by atoms with E-state index >= 15 is 0 Å². The first kappa shape index (κ1) is 16.6. The van der Waals surface area contributed by atoms with E-state index in [1.165, 1.54) is 0 Å². The third kappa shape index (κ3) is 4.60. The van der Waals surface area contributed by atoms with Crippen LogP contribution in [-0.4, -0.2) is 5.71 Å². The van der Waals surface area contributed by atoms with Crippen LogP contribution in [0.4, 0.5) is 5.69 Å². The fraction of sp³-hybridized carbons (Fsp3) is 0. The second-order valence-corrected chi connectivity index (χ2v) is 6.40. The Morgan fingerprint density at radius 3 is 2.12 bits per heavy atom. The van der Waals surface area contributed by atoms with Crippen LogP contribution in [-0.2, 0) is 0 Å². The number of hydrogen-bond acceptors (Lipinski definition) is 2. The van der Waals surface area contributed by atoms with Crippen LogP contribution < -0.4 is 0 Å². The van der Waals surface area contributed by atoms with Crippen LogP contribution in [0.25, 0.3) is 0 Å². The van der Waals surface area contributed by atoms with Gasteiger partial charge >= 0.3 is 0 Å². The molecule has 0 bridgehead atoms. The molecule has 0 fully saturated rings. The van der Waals surface area contributed by atoms with E-state index < -0.39 is 0 Å². The lowest BCUT2D eigenvalue weighted by molar-refractivity contribution is 1.47. The molecule has 0 spiro atoms. The Morgan fingerprint density at radius 2 is 1.42 bits per heavy atom. The molecular weight excluding hydrogens is 334 g/mol. The van der Waals surface area contributed by atoms with Crippen LogP contribution in [0, 0.1) is 0 Å². The smallest absolute Gasteiger partial charge is 0.0714 e. The van der Waals surface area contributed by atoms with Crippen molar-refractivity contribution >= 4 is 34.8 Å². The molecule has 0 aliphatic rings. The number of rotatable bonds is 5. The molecule has 0 atom stereocenters. The monoisotopic (exact) mass is 349 g/mol. The molecule has 1 nitrogen and oxygen atoms in total. The molecule has 0 saturated carbocycles. The van der Waals surface area contributed by atoms with E-state index in [-0.39, 0.29) is 0 Å². The predicted molar refractivity (Wildman–Crippen MR) is 106 cm³/mol. The summed E-state index contributed by atoms with van der Waals surface area (Å²) in [6, 6.07) is 28.0. The van der Waals surface area contributed by atoms with Gasteiger partial charge in [0.15, 0.2) is 0 Å². The first-order valence-electron chi connectivity index (χ1n) is 7.60. The summed E-state index contributed by atoms with van der Waals surface area (Å²) >= 11 is 7.79. The molecule has 24 heavy (non-hydrogen) atoms. The largest absolute Gasteiger partial charge is 0.248 e. The second kappa shape index (κ2) is 8.53. The van der Waals surface area contributed by atoms with Crippen LogP contribution in [0.15, 0.2) is 106 Å². The molecule has 3 aromatic carbocycles. The van der Waals surface area contributed by atoms with Crippen molar-refractivity contribution in [2.45, 2.75) is 4.90 Å². The zero-order valence-electron chi connectivity index (χ0n) is 13.0. The number of aliphatic imine (C=N–C) groups is 1. The van der Waals surface area contributed by atoms with E-state index in [0.29, 0.717) is 0 Å². The van der Waals surface area contributed by atoms with Crippen LogP contribution in [0.5, 0.6) is 0 Å². The Morgan fingerprint density at radius 1 is 0.792 bits per heavy atom. The molecule has 3 aromatic rings. The summed E-state index contributed by atoms with van der Waals surface area (Å²) in [6.45, 7) is 0. The Bertz CT molecular complexity index is 842. The lowest BCUT2D eigenvalue weighted by Crippen LogP contribution is -1.95. The van der Waals surface area contributed by atoms with Crippen LogP contribution in [0.1, 0.15) is 5.56 Å². The molecule has 3 heteroatoms. The van der Waals surface area contributed by atoms with E-state index in [4.69, 9.17) is 16.6 Å².